The zero-order chi connectivity index (χ0) is 25.3. The summed E-state index contributed by atoms with van der Waals surface area (Å²) in [5, 5.41) is 2.54. The number of hydrogen-bond acceptors (Lipinski definition) is 7. The predicted octanol–water partition coefficient (Wildman–Crippen LogP) is 3.33. The Morgan fingerprint density at radius 1 is 0.971 bits per heavy atom. The fourth-order valence-corrected chi connectivity index (χ4v) is 4.13. The molecule has 0 saturated carbocycles. The molecule has 2 rings (SSSR count). The number of benzene rings is 1. The molecule has 1 aromatic carbocycles. The van der Waals surface area contributed by atoms with E-state index in [2.05, 4.69) is 5.32 Å². The van der Waals surface area contributed by atoms with Gasteiger partial charge in [-0.1, -0.05) is 0 Å². The van der Waals surface area contributed by atoms with E-state index in [1.54, 1.807) is 24.0 Å². The van der Waals surface area contributed by atoms with Crippen LogP contribution in [0.15, 0.2) is 12.1 Å². The predicted molar refractivity (Wildman–Crippen MR) is 127 cm³/mol. The number of amides is 2. The van der Waals surface area contributed by atoms with Crippen LogP contribution >= 0.6 is 0 Å². The molecule has 0 aromatic heterocycles. The van der Waals surface area contributed by atoms with Crippen LogP contribution in [-0.4, -0.2) is 67.2 Å². The molecule has 1 aliphatic rings. The molecule has 1 heterocycles. The standard InChI is InChI=1S/C25H38N2O7/c1-7-31-20-13-19(14-21(32-8-2)23(20)33-9-3)24(29)26-15-22(28)34-18(6)25(30)27-16(4)11-10-12-17(27)5/h13-14,16-18H,7-12,15H2,1-6H3,(H,26,29)/t16-,17+,18-/m1/s1. The van der Waals surface area contributed by atoms with Crippen LogP contribution in [0.1, 0.15) is 71.2 Å². The Morgan fingerprint density at radius 3 is 2.00 bits per heavy atom. The topological polar surface area (TPSA) is 103 Å². The number of ether oxygens (including phenoxy) is 4. The first-order valence-electron chi connectivity index (χ1n) is 12.1. The summed E-state index contributed by atoms with van der Waals surface area (Å²) in [6.07, 6.45) is 2.02. The van der Waals surface area contributed by atoms with Crippen LogP contribution in [0.5, 0.6) is 17.2 Å². The lowest BCUT2D eigenvalue weighted by molar-refractivity contribution is -0.161. The van der Waals surface area contributed by atoms with Crippen LogP contribution in [-0.2, 0) is 14.3 Å². The van der Waals surface area contributed by atoms with Crippen molar-refractivity contribution in [2.24, 2.45) is 0 Å². The Morgan fingerprint density at radius 2 is 1.50 bits per heavy atom. The van der Waals surface area contributed by atoms with Gasteiger partial charge in [-0.25, -0.2) is 0 Å². The number of piperidine rings is 1. The van der Waals surface area contributed by atoms with Gasteiger partial charge in [0.05, 0.1) is 19.8 Å². The molecule has 1 saturated heterocycles. The van der Waals surface area contributed by atoms with Crippen LogP contribution in [0.4, 0.5) is 0 Å². The van der Waals surface area contributed by atoms with Crippen molar-refractivity contribution >= 4 is 17.8 Å². The lowest BCUT2D eigenvalue weighted by atomic mass is 9.97. The molecule has 0 unspecified atom stereocenters. The van der Waals surface area contributed by atoms with Gasteiger partial charge in [0.25, 0.3) is 11.8 Å². The van der Waals surface area contributed by atoms with E-state index in [9.17, 15) is 14.4 Å². The van der Waals surface area contributed by atoms with Crippen molar-refractivity contribution in [2.75, 3.05) is 26.4 Å². The molecule has 1 aliphatic heterocycles. The Balaban J connectivity index is 2.02. The lowest BCUT2D eigenvalue weighted by Crippen LogP contribution is -2.51. The van der Waals surface area contributed by atoms with Crippen molar-refractivity contribution in [3.8, 4) is 17.2 Å². The maximum absolute atomic E-state index is 12.8. The molecule has 9 heteroatoms. The van der Waals surface area contributed by atoms with Crippen molar-refractivity contribution in [1.29, 1.82) is 0 Å². The van der Waals surface area contributed by atoms with Crippen LogP contribution in [0.25, 0.3) is 0 Å². The second-order valence-electron chi connectivity index (χ2n) is 8.29. The van der Waals surface area contributed by atoms with Gasteiger partial charge in [-0.05, 0) is 72.9 Å². The summed E-state index contributed by atoms with van der Waals surface area (Å²) in [7, 11) is 0. The van der Waals surface area contributed by atoms with Gasteiger partial charge in [-0.15, -0.1) is 0 Å². The quantitative estimate of drug-likeness (QED) is 0.487. The molecule has 0 bridgehead atoms. The van der Waals surface area contributed by atoms with Gasteiger partial charge >= 0.3 is 5.97 Å². The van der Waals surface area contributed by atoms with Gasteiger partial charge in [0.2, 0.25) is 5.75 Å². The first kappa shape index (κ1) is 27.3. The van der Waals surface area contributed by atoms with Crippen molar-refractivity contribution in [3.63, 3.8) is 0 Å². The monoisotopic (exact) mass is 478 g/mol. The van der Waals surface area contributed by atoms with E-state index in [4.69, 9.17) is 18.9 Å². The third-order valence-electron chi connectivity index (χ3n) is 5.67. The molecular weight excluding hydrogens is 440 g/mol. The summed E-state index contributed by atoms with van der Waals surface area (Å²) >= 11 is 0. The molecule has 0 spiro atoms. The fourth-order valence-electron chi connectivity index (χ4n) is 4.13. The van der Waals surface area contributed by atoms with Gasteiger partial charge in [0.1, 0.15) is 6.54 Å². The first-order chi connectivity index (χ1) is 16.2. The summed E-state index contributed by atoms with van der Waals surface area (Å²) in [5.41, 5.74) is 0.253. The minimum absolute atomic E-state index is 0.107. The van der Waals surface area contributed by atoms with Crippen molar-refractivity contribution < 1.29 is 33.3 Å². The van der Waals surface area contributed by atoms with E-state index >= 15 is 0 Å². The van der Waals surface area contributed by atoms with Crippen molar-refractivity contribution in [2.45, 2.75) is 79.0 Å². The van der Waals surface area contributed by atoms with E-state index in [1.165, 1.54) is 0 Å². The van der Waals surface area contributed by atoms with Crippen LogP contribution in [0.2, 0.25) is 0 Å². The number of likely N-dealkylation sites (tertiary alicyclic amines) is 1. The van der Waals surface area contributed by atoms with Crippen LogP contribution in [0, 0.1) is 0 Å². The molecule has 1 aromatic rings. The second kappa shape index (κ2) is 13.1. The highest BCUT2D eigenvalue weighted by molar-refractivity contribution is 5.97. The Hall–Kier alpha value is -2.97. The van der Waals surface area contributed by atoms with E-state index in [0.717, 1.165) is 19.3 Å². The van der Waals surface area contributed by atoms with E-state index in [-0.39, 0.29) is 30.1 Å². The zero-order valence-electron chi connectivity index (χ0n) is 21.1. The number of esters is 1. The molecule has 3 atom stereocenters. The van der Waals surface area contributed by atoms with Crippen LogP contribution < -0.4 is 19.5 Å². The minimum Gasteiger partial charge on any atom is -0.490 e. The van der Waals surface area contributed by atoms with Gasteiger partial charge in [-0.2, -0.15) is 0 Å². The average Bonchev–Trinajstić information content (AvgIpc) is 2.79. The number of carbonyl (C=O) groups excluding carboxylic acids is 3. The minimum atomic E-state index is -0.924. The maximum Gasteiger partial charge on any atom is 0.326 e. The summed E-state index contributed by atoms with van der Waals surface area (Å²) < 4.78 is 22.2. The molecular formula is C25H38N2O7. The Labute approximate surface area is 202 Å². The summed E-state index contributed by atoms with van der Waals surface area (Å²) in [6.45, 7) is 11.9. The maximum atomic E-state index is 12.8. The number of rotatable bonds is 11. The molecule has 1 fully saturated rings. The SMILES string of the molecule is CCOc1cc(C(=O)NCC(=O)O[C@H](C)C(=O)N2[C@H](C)CCC[C@@H]2C)cc(OCC)c1OCC. The van der Waals surface area contributed by atoms with E-state index in [0.29, 0.717) is 37.1 Å². The second-order valence-corrected chi connectivity index (χ2v) is 8.29. The molecule has 2 amide bonds. The normalized spacial score (nSPS) is 18.6. The number of hydrogen-bond donors (Lipinski definition) is 1. The van der Waals surface area contributed by atoms with Gasteiger partial charge in [-0.3, -0.25) is 14.4 Å². The highest BCUT2D eigenvalue weighted by atomic mass is 16.6. The largest absolute Gasteiger partial charge is 0.490 e. The summed E-state index contributed by atoms with van der Waals surface area (Å²) in [4.78, 5) is 39.7. The zero-order valence-corrected chi connectivity index (χ0v) is 21.1. The first-order valence-corrected chi connectivity index (χ1v) is 12.1. The molecule has 1 N–H and O–H groups in total. The molecule has 190 valence electrons. The lowest BCUT2D eigenvalue weighted by Gasteiger charge is -2.40. The number of nitrogens with zero attached hydrogens (tertiary/aromatic N) is 1. The Kier molecular flexibility index (Phi) is 10.5. The Bertz CT molecular complexity index is 821. The third kappa shape index (κ3) is 7.01. The highest BCUT2D eigenvalue weighted by Gasteiger charge is 2.33. The van der Waals surface area contributed by atoms with E-state index in [1.807, 2.05) is 34.6 Å². The summed E-state index contributed by atoms with van der Waals surface area (Å²) in [6, 6.07) is 3.30. The average molecular weight is 479 g/mol. The summed E-state index contributed by atoms with van der Waals surface area (Å²) in [5.74, 6) is -0.213. The number of carbonyl (C=O) groups is 3. The molecule has 0 radical (unpaired) electrons. The van der Waals surface area contributed by atoms with E-state index < -0.39 is 18.0 Å². The van der Waals surface area contributed by atoms with Gasteiger partial charge in [0.15, 0.2) is 17.6 Å². The number of nitrogens with one attached hydrogen (secondary N) is 1. The van der Waals surface area contributed by atoms with Gasteiger partial charge < -0.3 is 29.2 Å². The third-order valence-corrected chi connectivity index (χ3v) is 5.67. The van der Waals surface area contributed by atoms with Crippen molar-refractivity contribution in [1.82, 2.24) is 10.2 Å². The van der Waals surface area contributed by atoms with Gasteiger partial charge in [0, 0.05) is 17.6 Å². The molecule has 0 aliphatic carbocycles. The molecule has 34 heavy (non-hydrogen) atoms. The molecule has 9 nitrogen and oxygen atoms in total. The van der Waals surface area contributed by atoms with Crippen molar-refractivity contribution in [3.05, 3.63) is 17.7 Å². The fraction of sp³-hybridized carbons (Fsp3) is 0.640. The highest BCUT2D eigenvalue weighted by Crippen LogP contribution is 2.39. The smallest absolute Gasteiger partial charge is 0.326 e. The van der Waals surface area contributed by atoms with Crippen LogP contribution in [0.3, 0.4) is 0 Å².